The van der Waals surface area contributed by atoms with Crippen molar-refractivity contribution in [2.24, 2.45) is 5.92 Å². The van der Waals surface area contributed by atoms with Crippen LogP contribution in [0.1, 0.15) is 13.3 Å². The topological polar surface area (TPSA) is 84.5 Å². The first-order valence-corrected chi connectivity index (χ1v) is 6.58. The lowest BCUT2D eigenvalue weighted by Crippen LogP contribution is -2.40. The number of amides is 2. The van der Waals surface area contributed by atoms with E-state index in [-0.39, 0.29) is 29.3 Å². The van der Waals surface area contributed by atoms with E-state index < -0.39 is 23.6 Å². The van der Waals surface area contributed by atoms with Crippen molar-refractivity contribution in [2.45, 2.75) is 13.3 Å². The van der Waals surface area contributed by atoms with Gasteiger partial charge in [0.2, 0.25) is 11.8 Å². The molecule has 22 heavy (non-hydrogen) atoms. The minimum Gasteiger partial charge on any atom is -0.466 e. The van der Waals surface area contributed by atoms with Crippen LogP contribution in [-0.4, -0.2) is 24.9 Å². The smallest absolute Gasteiger partial charge is 0.336 e. The monoisotopic (exact) mass is 306 g/mol. The zero-order chi connectivity index (χ0) is 16.3. The summed E-state index contributed by atoms with van der Waals surface area (Å²) >= 11 is 0. The molecule has 1 aliphatic rings. The third kappa shape index (κ3) is 3.13. The lowest BCUT2D eigenvalue weighted by Gasteiger charge is -2.25. The fourth-order valence-corrected chi connectivity index (χ4v) is 2.29. The van der Waals surface area contributed by atoms with Gasteiger partial charge in [0.25, 0.3) is 0 Å². The predicted molar refractivity (Wildman–Crippen MR) is 76.0 cm³/mol. The van der Waals surface area contributed by atoms with Crippen LogP contribution in [0.4, 0.5) is 10.1 Å². The summed E-state index contributed by atoms with van der Waals surface area (Å²) in [6.45, 7) is 1.51. The average molecular weight is 306 g/mol. The van der Waals surface area contributed by atoms with Crippen LogP contribution < -0.4 is 10.6 Å². The van der Waals surface area contributed by atoms with Crippen LogP contribution in [0.2, 0.25) is 0 Å². The second-order valence-corrected chi connectivity index (χ2v) is 4.80. The van der Waals surface area contributed by atoms with Gasteiger partial charge in [0.1, 0.15) is 5.82 Å². The molecule has 1 aromatic carbocycles. The van der Waals surface area contributed by atoms with Crippen LogP contribution in [0.15, 0.2) is 35.5 Å². The molecule has 2 N–H and O–H groups in total. The van der Waals surface area contributed by atoms with Crippen LogP contribution in [0.3, 0.4) is 0 Å². The lowest BCUT2D eigenvalue weighted by atomic mass is 9.89. The molecule has 1 aliphatic heterocycles. The molecule has 1 unspecified atom stereocenters. The number of anilines is 1. The molecule has 1 heterocycles. The van der Waals surface area contributed by atoms with Crippen molar-refractivity contribution < 1.29 is 23.5 Å². The highest BCUT2D eigenvalue weighted by molar-refractivity contribution is 6.06. The molecule has 1 aromatic rings. The Hall–Kier alpha value is -2.70. The third-order valence-electron chi connectivity index (χ3n) is 3.32. The van der Waals surface area contributed by atoms with E-state index in [4.69, 9.17) is 0 Å². The van der Waals surface area contributed by atoms with Gasteiger partial charge in [0, 0.05) is 12.1 Å². The van der Waals surface area contributed by atoms with Gasteiger partial charge in [-0.25, -0.2) is 9.18 Å². The summed E-state index contributed by atoms with van der Waals surface area (Å²) in [7, 11) is 1.19. The molecule has 0 saturated carbocycles. The van der Waals surface area contributed by atoms with Crippen LogP contribution in [-0.2, 0) is 19.1 Å². The number of carbonyl (C=O) groups excluding carboxylic acids is 3. The van der Waals surface area contributed by atoms with Gasteiger partial charge < -0.3 is 15.4 Å². The second kappa shape index (κ2) is 6.38. The molecular formula is C15H15FN2O4. The van der Waals surface area contributed by atoms with Crippen molar-refractivity contribution >= 4 is 23.5 Å². The summed E-state index contributed by atoms with van der Waals surface area (Å²) in [6.07, 6.45) is -0.206. The Kier molecular flexibility index (Phi) is 4.55. The number of benzene rings is 1. The second-order valence-electron chi connectivity index (χ2n) is 4.80. The standard InChI is InChI=1S/C15H15FN2O4/c1-8-13(15(21)22-2)9(7-12(19)17-8)14(20)18-11-6-4-3-5-10(11)16/h3-6,9H,7H2,1-2H3,(H,17,19)(H,18,20). The summed E-state index contributed by atoms with van der Waals surface area (Å²) in [5.74, 6) is -3.36. The number of para-hydroxylation sites is 1. The van der Waals surface area contributed by atoms with Crippen molar-refractivity contribution in [3.8, 4) is 0 Å². The van der Waals surface area contributed by atoms with E-state index in [2.05, 4.69) is 15.4 Å². The molecule has 0 saturated heterocycles. The van der Waals surface area contributed by atoms with Crippen molar-refractivity contribution in [3.63, 3.8) is 0 Å². The predicted octanol–water partition coefficient (Wildman–Crippen LogP) is 1.35. The maximum atomic E-state index is 13.6. The summed E-state index contributed by atoms with van der Waals surface area (Å²) < 4.78 is 18.2. The highest BCUT2D eigenvalue weighted by atomic mass is 19.1. The van der Waals surface area contributed by atoms with Crippen LogP contribution in [0, 0.1) is 11.7 Å². The number of methoxy groups -OCH3 is 1. The van der Waals surface area contributed by atoms with E-state index in [0.29, 0.717) is 0 Å². The first kappa shape index (κ1) is 15.7. The number of allylic oxidation sites excluding steroid dienone is 1. The Bertz CT molecular complexity index is 669. The van der Waals surface area contributed by atoms with Gasteiger partial charge in [-0.1, -0.05) is 12.1 Å². The van der Waals surface area contributed by atoms with E-state index in [9.17, 15) is 18.8 Å². The van der Waals surface area contributed by atoms with Crippen LogP contribution in [0.25, 0.3) is 0 Å². The van der Waals surface area contributed by atoms with Crippen LogP contribution >= 0.6 is 0 Å². The van der Waals surface area contributed by atoms with Crippen molar-refractivity contribution in [1.29, 1.82) is 0 Å². The zero-order valence-electron chi connectivity index (χ0n) is 12.1. The van der Waals surface area contributed by atoms with Gasteiger partial charge in [0.05, 0.1) is 24.3 Å². The SMILES string of the molecule is COC(=O)C1=C(C)NC(=O)CC1C(=O)Nc1ccccc1F. The fraction of sp³-hybridized carbons (Fsp3) is 0.267. The maximum absolute atomic E-state index is 13.6. The van der Waals surface area contributed by atoms with E-state index in [0.717, 1.165) is 0 Å². The quantitative estimate of drug-likeness (QED) is 0.826. The molecule has 2 amide bonds. The van der Waals surface area contributed by atoms with Gasteiger partial charge in [0.15, 0.2) is 0 Å². The van der Waals surface area contributed by atoms with Crippen LogP contribution in [0.5, 0.6) is 0 Å². The number of hydrogen-bond acceptors (Lipinski definition) is 4. The molecule has 1 atom stereocenters. The molecule has 116 valence electrons. The highest BCUT2D eigenvalue weighted by Gasteiger charge is 2.36. The number of hydrogen-bond donors (Lipinski definition) is 2. The highest BCUT2D eigenvalue weighted by Crippen LogP contribution is 2.26. The third-order valence-corrected chi connectivity index (χ3v) is 3.32. The van der Waals surface area contributed by atoms with Gasteiger partial charge in [-0.2, -0.15) is 0 Å². The van der Waals surface area contributed by atoms with Gasteiger partial charge in [-0.15, -0.1) is 0 Å². The molecule has 7 heteroatoms. The zero-order valence-corrected chi connectivity index (χ0v) is 12.1. The molecule has 2 rings (SSSR count). The molecule has 0 spiro atoms. The van der Waals surface area contributed by atoms with Gasteiger partial charge in [-0.05, 0) is 19.1 Å². The summed E-state index contributed by atoms with van der Waals surface area (Å²) in [5, 5.41) is 4.88. The Balaban J connectivity index is 2.30. The van der Waals surface area contributed by atoms with E-state index in [1.54, 1.807) is 6.07 Å². The number of rotatable bonds is 3. The molecule has 0 aromatic heterocycles. The van der Waals surface area contributed by atoms with E-state index in [1.807, 2.05) is 0 Å². The maximum Gasteiger partial charge on any atom is 0.336 e. The Labute approximate surface area is 126 Å². The molecule has 0 fully saturated rings. The molecule has 6 nitrogen and oxygen atoms in total. The average Bonchev–Trinajstić information content (AvgIpc) is 2.48. The lowest BCUT2D eigenvalue weighted by molar-refractivity contribution is -0.139. The first-order valence-electron chi connectivity index (χ1n) is 6.58. The summed E-state index contributed by atoms with van der Waals surface area (Å²) in [6, 6.07) is 5.65. The van der Waals surface area contributed by atoms with Crippen molar-refractivity contribution in [3.05, 3.63) is 41.4 Å². The Morgan fingerprint density at radius 1 is 1.36 bits per heavy atom. The van der Waals surface area contributed by atoms with E-state index in [1.165, 1.54) is 32.2 Å². The fourth-order valence-electron chi connectivity index (χ4n) is 2.29. The number of nitrogens with one attached hydrogen (secondary N) is 2. The largest absolute Gasteiger partial charge is 0.466 e. The number of halogens is 1. The number of carbonyl (C=O) groups is 3. The summed E-state index contributed by atoms with van der Waals surface area (Å²) in [5.41, 5.74) is 0.313. The van der Waals surface area contributed by atoms with Crippen molar-refractivity contribution in [1.82, 2.24) is 5.32 Å². The first-order chi connectivity index (χ1) is 10.4. The minimum atomic E-state index is -1.03. The number of esters is 1. The van der Waals surface area contributed by atoms with Gasteiger partial charge >= 0.3 is 5.97 Å². The van der Waals surface area contributed by atoms with Gasteiger partial charge in [-0.3, -0.25) is 9.59 Å². The molecular weight excluding hydrogens is 291 g/mol. The molecule has 0 aliphatic carbocycles. The Morgan fingerprint density at radius 3 is 2.68 bits per heavy atom. The molecule has 0 bridgehead atoms. The van der Waals surface area contributed by atoms with Crippen molar-refractivity contribution in [2.75, 3.05) is 12.4 Å². The molecule has 0 radical (unpaired) electrons. The number of ether oxygens (including phenoxy) is 1. The van der Waals surface area contributed by atoms with E-state index >= 15 is 0 Å². The normalized spacial score (nSPS) is 17.8. The minimum absolute atomic E-state index is 0.0136. The summed E-state index contributed by atoms with van der Waals surface area (Å²) in [4.78, 5) is 35.8. The Morgan fingerprint density at radius 2 is 2.05 bits per heavy atom.